The van der Waals surface area contributed by atoms with Crippen LogP contribution in [0.15, 0.2) is 50.8 Å². The van der Waals surface area contributed by atoms with Gasteiger partial charge in [-0.25, -0.2) is 4.63 Å². The molecule has 0 spiro atoms. The molecular weight excluding hydrogens is 416 g/mol. The van der Waals surface area contributed by atoms with Crippen molar-refractivity contribution in [1.29, 1.82) is 0 Å². The Morgan fingerprint density at radius 1 is 1.03 bits per heavy atom. The Kier molecular flexibility index (Phi) is 4.96. The van der Waals surface area contributed by atoms with Crippen molar-refractivity contribution in [3.05, 3.63) is 53.1 Å². The van der Waals surface area contributed by atoms with Gasteiger partial charge in [0.05, 0.1) is 33.6 Å². The zero-order valence-electron chi connectivity index (χ0n) is 17.8. The molecule has 2 aliphatic rings. The maximum absolute atomic E-state index is 13.4. The molecule has 0 amide bonds. The number of Topliss-reactive ketones (excluding diaryl/α,β-unsaturated/α-hetero) is 1. The van der Waals surface area contributed by atoms with Crippen molar-refractivity contribution >= 4 is 17.4 Å². The van der Waals surface area contributed by atoms with Crippen LogP contribution in [0.2, 0.25) is 0 Å². The Bertz CT molecular complexity index is 1160. The van der Waals surface area contributed by atoms with Gasteiger partial charge in [-0.2, -0.15) is 0 Å². The summed E-state index contributed by atoms with van der Waals surface area (Å²) in [5.41, 5.74) is 2.08. The smallest absolute Gasteiger partial charge is 0.219 e. The molecule has 1 aliphatic heterocycles. The van der Waals surface area contributed by atoms with Gasteiger partial charge in [-0.1, -0.05) is 0 Å². The Morgan fingerprint density at radius 2 is 1.78 bits per heavy atom. The molecular formula is C22H22N4O6. The van der Waals surface area contributed by atoms with E-state index in [1.165, 1.54) is 0 Å². The third kappa shape index (κ3) is 3.24. The fourth-order valence-corrected chi connectivity index (χ4v) is 4.34. The van der Waals surface area contributed by atoms with E-state index in [9.17, 15) is 4.79 Å². The quantitative estimate of drug-likeness (QED) is 0.610. The number of rotatable bonds is 5. The van der Waals surface area contributed by atoms with Gasteiger partial charge in [-0.3, -0.25) is 4.79 Å². The van der Waals surface area contributed by atoms with E-state index in [4.69, 9.17) is 23.3 Å². The van der Waals surface area contributed by atoms with Gasteiger partial charge in [0.1, 0.15) is 5.76 Å². The number of hydrogen-bond donors (Lipinski definition) is 2. The summed E-state index contributed by atoms with van der Waals surface area (Å²) in [5.74, 6) is 2.94. The highest BCUT2D eigenvalue weighted by Gasteiger charge is 2.38. The lowest BCUT2D eigenvalue weighted by Crippen LogP contribution is -2.27. The van der Waals surface area contributed by atoms with Crippen LogP contribution in [0.3, 0.4) is 0 Å². The number of fused-ring (bicyclic) bond motifs is 1. The number of aromatic nitrogens is 2. The molecule has 0 saturated heterocycles. The summed E-state index contributed by atoms with van der Waals surface area (Å²) in [6.07, 6.45) is 2.51. The van der Waals surface area contributed by atoms with E-state index in [1.54, 1.807) is 27.6 Å². The summed E-state index contributed by atoms with van der Waals surface area (Å²) < 4.78 is 27.0. The normalized spacial score (nSPS) is 19.9. The second kappa shape index (κ2) is 7.95. The molecule has 10 nitrogen and oxygen atoms in total. The fraction of sp³-hybridized carbons (Fsp3) is 0.318. The van der Waals surface area contributed by atoms with Crippen molar-refractivity contribution in [3.8, 4) is 17.2 Å². The van der Waals surface area contributed by atoms with Crippen molar-refractivity contribution in [3.63, 3.8) is 0 Å². The molecule has 1 aromatic carbocycles. The first-order valence-corrected chi connectivity index (χ1v) is 10.1. The zero-order valence-corrected chi connectivity index (χ0v) is 17.8. The van der Waals surface area contributed by atoms with Crippen LogP contribution in [0.1, 0.15) is 36.1 Å². The van der Waals surface area contributed by atoms with Gasteiger partial charge >= 0.3 is 0 Å². The van der Waals surface area contributed by atoms with Gasteiger partial charge in [-0.15, -0.1) is 0 Å². The van der Waals surface area contributed by atoms with Crippen molar-refractivity contribution in [1.82, 2.24) is 10.3 Å². The summed E-state index contributed by atoms with van der Waals surface area (Å²) in [5, 5.41) is 14.4. The number of carbonyl (C=O) groups excluding carboxylic acids is 1. The van der Waals surface area contributed by atoms with Gasteiger partial charge in [0.2, 0.25) is 17.4 Å². The molecule has 0 bridgehead atoms. The predicted octanol–water partition coefficient (Wildman–Crippen LogP) is 3.67. The summed E-state index contributed by atoms with van der Waals surface area (Å²) in [4.78, 5) is 13.4. The molecule has 10 heteroatoms. The molecule has 5 rings (SSSR count). The number of benzene rings is 1. The van der Waals surface area contributed by atoms with E-state index in [-0.39, 0.29) is 11.7 Å². The van der Waals surface area contributed by atoms with Crippen LogP contribution in [0.5, 0.6) is 17.2 Å². The van der Waals surface area contributed by atoms with E-state index in [0.29, 0.717) is 47.3 Å². The summed E-state index contributed by atoms with van der Waals surface area (Å²) in [7, 11) is 4.64. The first-order chi connectivity index (χ1) is 15.6. The lowest BCUT2D eigenvalue weighted by Gasteiger charge is -2.29. The van der Waals surface area contributed by atoms with E-state index in [2.05, 4.69) is 20.9 Å². The summed E-state index contributed by atoms with van der Waals surface area (Å²) in [6.45, 7) is 0. The van der Waals surface area contributed by atoms with Gasteiger partial charge in [0.25, 0.3) is 0 Å². The van der Waals surface area contributed by atoms with Crippen LogP contribution in [-0.2, 0) is 4.79 Å². The molecule has 3 heterocycles. The first-order valence-electron chi connectivity index (χ1n) is 10.1. The largest absolute Gasteiger partial charge is 0.493 e. The topological polar surface area (TPSA) is 121 Å². The number of ketones is 1. The Labute approximate surface area is 183 Å². The monoisotopic (exact) mass is 438 g/mol. The number of allylic oxidation sites excluding steroid dienone is 1. The number of carbonyl (C=O) groups is 1. The highest BCUT2D eigenvalue weighted by atomic mass is 16.6. The lowest BCUT2D eigenvalue weighted by atomic mass is 9.80. The number of ether oxygens (including phenoxy) is 3. The van der Waals surface area contributed by atoms with Crippen LogP contribution in [-0.4, -0.2) is 37.4 Å². The Morgan fingerprint density at radius 3 is 2.44 bits per heavy atom. The molecule has 0 fully saturated rings. The van der Waals surface area contributed by atoms with Crippen LogP contribution < -0.4 is 24.8 Å². The minimum absolute atomic E-state index is 0.00602. The molecule has 32 heavy (non-hydrogen) atoms. The molecule has 2 unspecified atom stereocenters. The van der Waals surface area contributed by atoms with Crippen LogP contribution >= 0.6 is 0 Å². The molecule has 0 radical (unpaired) electrons. The molecule has 2 atom stereocenters. The third-order valence-electron chi connectivity index (χ3n) is 5.80. The third-order valence-corrected chi connectivity index (χ3v) is 5.80. The van der Waals surface area contributed by atoms with E-state index in [0.717, 1.165) is 17.0 Å². The SMILES string of the molecule is COc1cc(C2Nc3nonc3NC3=C2C(=O)CC(c2ccco2)C3)cc(OC)c1OC. The predicted molar refractivity (Wildman–Crippen MR) is 113 cm³/mol. The van der Waals surface area contributed by atoms with Crippen LogP contribution in [0, 0.1) is 0 Å². The molecule has 166 valence electrons. The average molecular weight is 438 g/mol. The second-order valence-electron chi connectivity index (χ2n) is 7.56. The minimum atomic E-state index is -0.538. The molecule has 0 saturated carbocycles. The first kappa shape index (κ1) is 20.0. The van der Waals surface area contributed by atoms with Gasteiger partial charge in [0, 0.05) is 23.6 Å². The van der Waals surface area contributed by atoms with E-state index in [1.807, 2.05) is 24.3 Å². The standard InChI is InChI=1S/C22H22N4O6/c1-28-16-9-12(10-17(29-2)20(16)30-3)19-18-13(23-21-22(24-19)26-32-25-21)7-11(8-14(18)27)15-5-4-6-31-15/h4-6,9-11,19H,7-8H2,1-3H3,(H,23,25)(H,24,26). The number of methoxy groups -OCH3 is 3. The number of anilines is 2. The van der Waals surface area contributed by atoms with Crippen molar-refractivity contribution in [2.75, 3.05) is 32.0 Å². The summed E-state index contributed by atoms with van der Waals surface area (Å²) in [6, 6.07) is 6.80. The lowest BCUT2D eigenvalue weighted by molar-refractivity contribution is -0.116. The molecule has 2 aromatic heterocycles. The fourth-order valence-electron chi connectivity index (χ4n) is 4.34. The minimum Gasteiger partial charge on any atom is -0.493 e. The van der Waals surface area contributed by atoms with Crippen LogP contribution in [0.4, 0.5) is 11.6 Å². The molecule has 2 N–H and O–H groups in total. The van der Waals surface area contributed by atoms with Gasteiger partial charge in [-0.05, 0) is 46.6 Å². The van der Waals surface area contributed by atoms with Gasteiger partial charge < -0.3 is 29.3 Å². The van der Waals surface area contributed by atoms with Gasteiger partial charge in [0.15, 0.2) is 17.3 Å². The second-order valence-corrected chi connectivity index (χ2v) is 7.56. The Balaban J connectivity index is 1.64. The summed E-state index contributed by atoms with van der Waals surface area (Å²) >= 11 is 0. The maximum Gasteiger partial charge on any atom is 0.219 e. The van der Waals surface area contributed by atoms with E-state index >= 15 is 0 Å². The van der Waals surface area contributed by atoms with Crippen LogP contribution in [0.25, 0.3) is 0 Å². The van der Waals surface area contributed by atoms with Crippen molar-refractivity contribution in [2.45, 2.75) is 24.8 Å². The van der Waals surface area contributed by atoms with Crippen molar-refractivity contribution in [2.24, 2.45) is 0 Å². The molecule has 1 aliphatic carbocycles. The number of nitrogens with zero attached hydrogens (tertiary/aromatic N) is 2. The average Bonchev–Trinajstić information content (AvgIpc) is 3.47. The van der Waals surface area contributed by atoms with E-state index < -0.39 is 6.04 Å². The number of furan rings is 1. The van der Waals surface area contributed by atoms with Crippen molar-refractivity contribution < 1.29 is 28.1 Å². The molecule has 3 aromatic rings. The zero-order chi connectivity index (χ0) is 22.2. The number of hydrogen-bond acceptors (Lipinski definition) is 10. The maximum atomic E-state index is 13.4. The number of nitrogens with one attached hydrogen (secondary N) is 2. The highest BCUT2D eigenvalue weighted by molar-refractivity contribution is 6.00. The highest BCUT2D eigenvalue weighted by Crippen LogP contribution is 2.46. The Hall–Kier alpha value is -3.95.